The van der Waals surface area contributed by atoms with Crippen molar-refractivity contribution in [3.8, 4) is 17.0 Å². The lowest BCUT2D eigenvalue weighted by molar-refractivity contribution is 0.101. The number of aryl methyl sites for hydroxylation is 1. The Morgan fingerprint density at radius 1 is 1.28 bits per heavy atom. The van der Waals surface area contributed by atoms with Gasteiger partial charge in [0.15, 0.2) is 0 Å². The van der Waals surface area contributed by atoms with Crippen molar-refractivity contribution in [2.24, 2.45) is 7.05 Å². The quantitative estimate of drug-likeness (QED) is 0.744. The summed E-state index contributed by atoms with van der Waals surface area (Å²) in [6.07, 6.45) is 0. The molecular formula is C17H20N6O2. The van der Waals surface area contributed by atoms with Crippen molar-refractivity contribution < 1.29 is 9.53 Å². The Morgan fingerprint density at radius 2 is 2.00 bits per heavy atom. The van der Waals surface area contributed by atoms with E-state index in [1.165, 1.54) is 4.68 Å². The average molecular weight is 340 g/mol. The SMILES string of the molecule is COc1ccc(-c2cc(C(=O)Nc3n[nH]c(C(C)C)n3)n(C)n2)cc1. The van der Waals surface area contributed by atoms with Gasteiger partial charge in [-0.2, -0.15) is 10.1 Å². The first kappa shape index (κ1) is 16.7. The molecule has 8 nitrogen and oxygen atoms in total. The number of methoxy groups -OCH3 is 1. The number of benzene rings is 1. The van der Waals surface area contributed by atoms with Gasteiger partial charge in [-0.15, -0.1) is 5.10 Å². The van der Waals surface area contributed by atoms with E-state index < -0.39 is 0 Å². The first-order valence-corrected chi connectivity index (χ1v) is 7.90. The average Bonchev–Trinajstić information content (AvgIpc) is 3.22. The number of amides is 1. The molecule has 2 aromatic heterocycles. The van der Waals surface area contributed by atoms with Crippen LogP contribution in [0.3, 0.4) is 0 Å². The van der Waals surface area contributed by atoms with Crippen molar-refractivity contribution in [3.63, 3.8) is 0 Å². The number of ether oxygens (including phenoxy) is 1. The Bertz CT molecular complexity index is 879. The van der Waals surface area contributed by atoms with Gasteiger partial charge in [0, 0.05) is 18.5 Å². The molecule has 0 radical (unpaired) electrons. The van der Waals surface area contributed by atoms with Crippen LogP contribution in [0.15, 0.2) is 30.3 Å². The number of H-pyrrole nitrogens is 1. The van der Waals surface area contributed by atoms with E-state index in [0.717, 1.165) is 17.1 Å². The minimum absolute atomic E-state index is 0.205. The molecule has 0 saturated heterocycles. The van der Waals surface area contributed by atoms with Crippen molar-refractivity contribution in [3.05, 3.63) is 41.9 Å². The van der Waals surface area contributed by atoms with Crippen LogP contribution in [0.5, 0.6) is 5.75 Å². The van der Waals surface area contributed by atoms with E-state index in [1.807, 2.05) is 38.1 Å². The number of hydrogen-bond donors (Lipinski definition) is 2. The van der Waals surface area contributed by atoms with Gasteiger partial charge in [-0.05, 0) is 30.3 Å². The number of aromatic nitrogens is 5. The molecule has 0 aliphatic carbocycles. The van der Waals surface area contributed by atoms with Crippen LogP contribution in [0.1, 0.15) is 36.1 Å². The molecule has 0 atom stereocenters. The van der Waals surface area contributed by atoms with Gasteiger partial charge in [0.2, 0.25) is 5.95 Å². The highest BCUT2D eigenvalue weighted by molar-refractivity contribution is 6.02. The third-order valence-electron chi connectivity index (χ3n) is 3.77. The topological polar surface area (TPSA) is 97.7 Å². The van der Waals surface area contributed by atoms with Crippen LogP contribution in [0, 0.1) is 0 Å². The molecule has 1 amide bonds. The number of carbonyl (C=O) groups is 1. The molecular weight excluding hydrogens is 320 g/mol. The monoisotopic (exact) mass is 340 g/mol. The maximum absolute atomic E-state index is 12.5. The largest absolute Gasteiger partial charge is 0.497 e. The maximum atomic E-state index is 12.5. The molecule has 130 valence electrons. The summed E-state index contributed by atoms with van der Waals surface area (Å²) in [6.45, 7) is 3.99. The Kier molecular flexibility index (Phi) is 4.51. The molecule has 0 spiro atoms. The molecule has 0 aliphatic heterocycles. The predicted molar refractivity (Wildman–Crippen MR) is 93.6 cm³/mol. The van der Waals surface area contributed by atoms with Gasteiger partial charge in [-0.1, -0.05) is 13.8 Å². The summed E-state index contributed by atoms with van der Waals surface area (Å²) in [5.41, 5.74) is 2.02. The molecule has 3 rings (SSSR count). The Hall–Kier alpha value is -3.16. The smallest absolute Gasteiger partial charge is 0.276 e. The summed E-state index contributed by atoms with van der Waals surface area (Å²) in [7, 11) is 3.34. The zero-order valence-electron chi connectivity index (χ0n) is 14.6. The fraction of sp³-hybridized carbons (Fsp3) is 0.294. The predicted octanol–water partition coefficient (Wildman–Crippen LogP) is 2.59. The Morgan fingerprint density at radius 3 is 2.60 bits per heavy atom. The highest BCUT2D eigenvalue weighted by Gasteiger charge is 2.17. The first-order chi connectivity index (χ1) is 12.0. The molecule has 0 bridgehead atoms. The number of nitrogens with zero attached hydrogens (tertiary/aromatic N) is 4. The fourth-order valence-electron chi connectivity index (χ4n) is 2.34. The van der Waals surface area contributed by atoms with E-state index in [4.69, 9.17) is 4.74 Å². The fourth-order valence-corrected chi connectivity index (χ4v) is 2.34. The van der Waals surface area contributed by atoms with E-state index in [-0.39, 0.29) is 17.8 Å². The Balaban J connectivity index is 1.79. The van der Waals surface area contributed by atoms with Crippen molar-refractivity contribution >= 4 is 11.9 Å². The summed E-state index contributed by atoms with van der Waals surface area (Å²) in [5, 5.41) is 13.9. The second-order valence-corrected chi connectivity index (χ2v) is 5.92. The zero-order valence-corrected chi connectivity index (χ0v) is 14.6. The molecule has 0 aliphatic rings. The number of carbonyl (C=O) groups excluding carboxylic acids is 1. The van der Waals surface area contributed by atoms with E-state index >= 15 is 0 Å². The van der Waals surface area contributed by atoms with Gasteiger partial charge in [-0.25, -0.2) is 0 Å². The van der Waals surface area contributed by atoms with Crippen LogP contribution < -0.4 is 10.1 Å². The summed E-state index contributed by atoms with van der Waals surface area (Å²) in [5.74, 6) is 1.63. The number of aromatic amines is 1. The van der Waals surface area contributed by atoms with E-state index in [1.54, 1.807) is 20.2 Å². The van der Waals surface area contributed by atoms with Gasteiger partial charge in [-0.3, -0.25) is 19.9 Å². The van der Waals surface area contributed by atoms with E-state index in [2.05, 4.69) is 25.6 Å². The van der Waals surface area contributed by atoms with Crippen LogP contribution in [0.2, 0.25) is 0 Å². The van der Waals surface area contributed by atoms with Gasteiger partial charge in [0.25, 0.3) is 5.91 Å². The molecule has 3 aromatic rings. The maximum Gasteiger partial charge on any atom is 0.276 e. The van der Waals surface area contributed by atoms with Crippen LogP contribution in [0.25, 0.3) is 11.3 Å². The molecule has 1 aromatic carbocycles. The second kappa shape index (κ2) is 6.76. The summed E-state index contributed by atoms with van der Waals surface area (Å²) < 4.78 is 6.68. The molecule has 0 fully saturated rings. The molecule has 0 unspecified atom stereocenters. The number of anilines is 1. The standard InChI is InChI=1S/C17H20N6O2/c1-10(2)15-18-17(21-20-15)19-16(24)14-9-13(22-23(14)3)11-5-7-12(25-4)8-6-11/h5-10H,1-4H3,(H2,18,19,20,21,24). The first-order valence-electron chi connectivity index (χ1n) is 7.90. The van der Waals surface area contributed by atoms with Crippen LogP contribution in [-0.4, -0.2) is 38.0 Å². The van der Waals surface area contributed by atoms with Crippen LogP contribution in [0.4, 0.5) is 5.95 Å². The molecule has 0 saturated carbocycles. The second-order valence-electron chi connectivity index (χ2n) is 5.92. The molecule has 8 heteroatoms. The number of nitrogens with one attached hydrogen (secondary N) is 2. The third-order valence-corrected chi connectivity index (χ3v) is 3.77. The van der Waals surface area contributed by atoms with Crippen molar-refractivity contribution in [1.82, 2.24) is 25.0 Å². The highest BCUT2D eigenvalue weighted by atomic mass is 16.5. The third kappa shape index (κ3) is 3.52. The highest BCUT2D eigenvalue weighted by Crippen LogP contribution is 2.22. The van der Waals surface area contributed by atoms with Gasteiger partial charge in [0.1, 0.15) is 17.3 Å². The normalized spacial score (nSPS) is 10.9. The molecule has 2 heterocycles. The van der Waals surface area contributed by atoms with Gasteiger partial charge in [0.05, 0.1) is 12.8 Å². The van der Waals surface area contributed by atoms with Crippen molar-refractivity contribution in [2.75, 3.05) is 12.4 Å². The van der Waals surface area contributed by atoms with Crippen molar-refractivity contribution in [1.29, 1.82) is 0 Å². The summed E-state index contributed by atoms with van der Waals surface area (Å²) in [4.78, 5) is 16.7. The number of rotatable bonds is 5. The lowest BCUT2D eigenvalue weighted by Crippen LogP contribution is -2.16. The van der Waals surface area contributed by atoms with Crippen molar-refractivity contribution in [2.45, 2.75) is 19.8 Å². The minimum Gasteiger partial charge on any atom is -0.497 e. The van der Waals surface area contributed by atoms with E-state index in [9.17, 15) is 4.79 Å². The van der Waals surface area contributed by atoms with Crippen LogP contribution >= 0.6 is 0 Å². The van der Waals surface area contributed by atoms with E-state index in [0.29, 0.717) is 11.4 Å². The lowest BCUT2D eigenvalue weighted by atomic mass is 10.1. The Labute approximate surface area is 145 Å². The molecule has 25 heavy (non-hydrogen) atoms. The zero-order chi connectivity index (χ0) is 18.0. The van der Waals surface area contributed by atoms with Gasteiger partial charge < -0.3 is 4.74 Å². The summed E-state index contributed by atoms with van der Waals surface area (Å²) in [6, 6.07) is 9.23. The minimum atomic E-state index is -0.316. The lowest BCUT2D eigenvalue weighted by Gasteiger charge is -2.00. The van der Waals surface area contributed by atoms with Crippen LogP contribution in [-0.2, 0) is 7.05 Å². The van der Waals surface area contributed by atoms with Gasteiger partial charge >= 0.3 is 0 Å². The summed E-state index contributed by atoms with van der Waals surface area (Å²) >= 11 is 0. The molecule has 2 N–H and O–H groups in total. The number of hydrogen-bond acceptors (Lipinski definition) is 5.